The Hall–Kier alpha value is -5.10. The van der Waals surface area contributed by atoms with Crippen LogP contribution in [0.25, 0.3) is 0 Å². The topological polar surface area (TPSA) is 114 Å². The minimum Gasteiger partial charge on any atom is -0.497 e. The minimum atomic E-state index is -4.46. The maximum atomic E-state index is 14.6. The second kappa shape index (κ2) is 15.9. The van der Waals surface area contributed by atoms with Gasteiger partial charge in [0.25, 0.3) is 10.0 Å². The third-order valence-corrected chi connectivity index (χ3v) is 9.36. The number of carbonyl (C=O) groups excluding carboxylic acids is 2. The van der Waals surface area contributed by atoms with E-state index in [1.165, 1.54) is 56.6 Å². The second-order valence-corrected chi connectivity index (χ2v) is 14.2. The first-order valence-electron chi connectivity index (χ1n) is 15.5. The highest BCUT2D eigenvalue weighted by Crippen LogP contribution is 2.32. The summed E-state index contributed by atoms with van der Waals surface area (Å²) in [6, 6.07) is 24.1. The summed E-state index contributed by atoms with van der Waals surface area (Å²) in [6.07, 6.45) is 0.150. The molecule has 0 spiro atoms. The van der Waals surface area contributed by atoms with Crippen molar-refractivity contribution in [3.05, 3.63) is 114 Å². The van der Waals surface area contributed by atoms with Gasteiger partial charge in [-0.25, -0.2) is 12.8 Å². The lowest BCUT2D eigenvalue weighted by Gasteiger charge is -2.35. The molecule has 0 bridgehead atoms. The van der Waals surface area contributed by atoms with E-state index in [4.69, 9.17) is 14.2 Å². The van der Waals surface area contributed by atoms with Crippen LogP contribution in [0.1, 0.15) is 31.9 Å². The van der Waals surface area contributed by atoms with Crippen LogP contribution in [0.3, 0.4) is 0 Å². The zero-order valence-corrected chi connectivity index (χ0v) is 29.3. The van der Waals surface area contributed by atoms with Crippen LogP contribution in [0, 0.1) is 5.82 Å². The first kappa shape index (κ1) is 36.7. The smallest absolute Gasteiger partial charge is 0.264 e. The number of ether oxygens (including phenoxy) is 3. The van der Waals surface area contributed by atoms with E-state index in [2.05, 4.69) is 5.32 Å². The van der Waals surface area contributed by atoms with Crippen LogP contribution in [0.4, 0.5) is 10.1 Å². The summed E-state index contributed by atoms with van der Waals surface area (Å²) in [5.74, 6) is -0.642. The van der Waals surface area contributed by atoms with Crippen molar-refractivity contribution >= 4 is 27.5 Å². The number of rotatable bonds is 14. The van der Waals surface area contributed by atoms with Crippen LogP contribution in [-0.4, -0.2) is 64.6 Å². The number of anilines is 1. The molecular formula is C37H42FN3O7S. The van der Waals surface area contributed by atoms with Crippen LogP contribution in [-0.2, 0) is 32.6 Å². The monoisotopic (exact) mass is 691 g/mol. The van der Waals surface area contributed by atoms with Crippen molar-refractivity contribution in [3.8, 4) is 17.2 Å². The summed E-state index contributed by atoms with van der Waals surface area (Å²) in [5.41, 5.74) is 0.872. The van der Waals surface area contributed by atoms with Gasteiger partial charge in [-0.3, -0.25) is 13.9 Å². The molecule has 0 saturated carbocycles. The van der Waals surface area contributed by atoms with Crippen molar-refractivity contribution in [1.29, 1.82) is 0 Å². The molecule has 1 N–H and O–H groups in total. The molecule has 4 aromatic carbocycles. The fraction of sp³-hybridized carbons (Fsp3) is 0.297. The number of nitrogens with one attached hydrogen (secondary N) is 1. The van der Waals surface area contributed by atoms with Gasteiger partial charge in [-0.2, -0.15) is 0 Å². The summed E-state index contributed by atoms with van der Waals surface area (Å²) in [6.45, 7) is 4.76. The Morgan fingerprint density at radius 3 is 2.06 bits per heavy atom. The summed E-state index contributed by atoms with van der Waals surface area (Å²) < 4.78 is 59.7. The fourth-order valence-corrected chi connectivity index (χ4v) is 6.64. The largest absolute Gasteiger partial charge is 0.497 e. The predicted molar refractivity (Wildman–Crippen MR) is 186 cm³/mol. The molecule has 10 nitrogen and oxygen atoms in total. The molecule has 12 heteroatoms. The Morgan fingerprint density at radius 1 is 0.796 bits per heavy atom. The van der Waals surface area contributed by atoms with Crippen molar-refractivity contribution in [1.82, 2.24) is 10.2 Å². The van der Waals surface area contributed by atoms with Gasteiger partial charge in [-0.05, 0) is 80.4 Å². The van der Waals surface area contributed by atoms with Gasteiger partial charge in [0.15, 0.2) is 11.5 Å². The number of hydrogen-bond donors (Lipinski definition) is 1. The van der Waals surface area contributed by atoms with E-state index in [9.17, 15) is 22.4 Å². The number of carbonyl (C=O) groups is 2. The molecule has 0 aromatic heterocycles. The third-order valence-electron chi connectivity index (χ3n) is 7.59. The first-order valence-corrected chi connectivity index (χ1v) is 17.0. The number of benzene rings is 4. The quantitative estimate of drug-likeness (QED) is 0.183. The van der Waals surface area contributed by atoms with E-state index in [1.807, 2.05) is 51.1 Å². The average molecular weight is 692 g/mol. The fourth-order valence-electron chi connectivity index (χ4n) is 5.21. The van der Waals surface area contributed by atoms with Gasteiger partial charge >= 0.3 is 0 Å². The van der Waals surface area contributed by atoms with E-state index in [0.717, 1.165) is 22.0 Å². The van der Waals surface area contributed by atoms with Gasteiger partial charge < -0.3 is 24.4 Å². The van der Waals surface area contributed by atoms with E-state index >= 15 is 0 Å². The van der Waals surface area contributed by atoms with E-state index in [1.54, 1.807) is 24.3 Å². The zero-order valence-electron chi connectivity index (χ0n) is 28.5. The molecule has 2 amide bonds. The molecule has 0 aliphatic carbocycles. The Bertz CT molecular complexity index is 1850. The third kappa shape index (κ3) is 9.50. The molecule has 0 fully saturated rings. The number of halogens is 1. The number of amides is 2. The summed E-state index contributed by atoms with van der Waals surface area (Å²) >= 11 is 0. The van der Waals surface area contributed by atoms with Crippen LogP contribution >= 0.6 is 0 Å². The summed E-state index contributed by atoms with van der Waals surface area (Å²) in [4.78, 5) is 29.9. The number of nitrogens with zero attached hydrogens (tertiary/aromatic N) is 2. The minimum absolute atomic E-state index is 0.0429. The SMILES string of the molecule is COc1cccc(CN(C(=O)CN(c2ccc(F)cc2)S(=O)(=O)c2ccc(OC)c(OC)c2)C(Cc2ccccc2)C(=O)NC(C)(C)C)c1. The van der Waals surface area contributed by atoms with Crippen molar-refractivity contribution in [2.24, 2.45) is 0 Å². The average Bonchev–Trinajstić information content (AvgIpc) is 3.08. The van der Waals surface area contributed by atoms with Gasteiger partial charge in [-0.1, -0.05) is 42.5 Å². The number of hydrogen-bond acceptors (Lipinski definition) is 7. The van der Waals surface area contributed by atoms with Crippen LogP contribution in [0.5, 0.6) is 17.2 Å². The van der Waals surface area contributed by atoms with E-state index in [0.29, 0.717) is 17.1 Å². The number of sulfonamides is 1. The molecule has 260 valence electrons. The molecule has 1 atom stereocenters. The van der Waals surface area contributed by atoms with Gasteiger partial charge in [0.05, 0.1) is 31.9 Å². The first-order chi connectivity index (χ1) is 23.2. The van der Waals surface area contributed by atoms with Gasteiger partial charge in [0.1, 0.15) is 24.2 Å². The normalized spacial score (nSPS) is 12.1. The Balaban J connectivity index is 1.85. The van der Waals surface area contributed by atoms with Crippen LogP contribution < -0.4 is 23.8 Å². The molecule has 49 heavy (non-hydrogen) atoms. The van der Waals surface area contributed by atoms with Crippen LogP contribution in [0.15, 0.2) is 102 Å². The zero-order chi connectivity index (χ0) is 35.8. The molecule has 0 saturated heterocycles. The van der Waals surface area contributed by atoms with Gasteiger partial charge in [0, 0.05) is 24.6 Å². The predicted octanol–water partition coefficient (Wildman–Crippen LogP) is 5.60. The van der Waals surface area contributed by atoms with E-state index < -0.39 is 45.8 Å². The summed E-state index contributed by atoms with van der Waals surface area (Å²) in [7, 11) is -0.137. The van der Waals surface area contributed by atoms with Crippen molar-refractivity contribution < 1.29 is 36.6 Å². The molecule has 1 unspecified atom stereocenters. The molecular weight excluding hydrogens is 649 g/mol. The molecule has 0 aliphatic rings. The van der Waals surface area contributed by atoms with Crippen molar-refractivity contribution in [2.45, 2.75) is 50.2 Å². The lowest BCUT2D eigenvalue weighted by atomic mass is 10.0. The Kier molecular flexibility index (Phi) is 11.9. The van der Waals surface area contributed by atoms with E-state index in [-0.39, 0.29) is 29.3 Å². The highest BCUT2D eigenvalue weighted by molar-refractivity contribution is 7.92. The molecule has 0 radical (unpaired) electrons. The molecule has 0 aliphatic heterocycles. The molecule has 0 heterocycles. The van der Waals surface area contributed by atoms with Gasteiger partial charge in [0.2, 0.25) is 11.8 Å². The lowest BCUT2D eigenvalue weighted by molar-refractivity contribution is -0.140. The molecule has 4 aromatic rings. The highest BCUT2D eigenvalue weighted by atomic mass is 32.2. The van der Waals surface area contributed by atoms with Crippen molar-refractivity contribution in [2.75, 3.05) is 32.2 Å². The standard InChI is InChI=1S/C37H42FN3O7S/c1-37(2,3)39-36(43)32(22-26-11-8-7-9-12-26)40(24-27-13-10-14-30(21-27)46-4)35(42)25-41(29-17-15-28(38)16-18-29)49(44,45)31-19-20-33(47-5)34(23-31)48-6/h7-21,23,32H,22,24-25H2,1-6H3,(H,39,43). The van der Waals surface area contributed by atoms with Gasteiger partial charge in [-0.15, -0.1) is 0 Å². The Morgan fingerprint density at radius 2 is 1.45 bits per heavy atom. The molecule has 4 rings (SSSR count). The highest BCUT2D eigenvalue weighted by Gasteiger charge is 2.36. The Labute approximate surface area is 287 Å². The lowest BCUT2D eigenvalue weighted by Crippen LogP contribution is -2.56. The van der Waals surface area contributed by atoms with Crippen LogP contribution in [0.2, 0.25) is 0 Å². The second-order valence-electron chi connectivity index (χ2n) is 12.3. The number of methoxy groups -OCH3 is 3. The maximum Gasteiger partial charge on any atom is 0.264 e. The van der Waals surface area contributed by atoms with Crippen molar-refractivity contribution in [3.63, 3.8) is 0 Å². The summed E-state index contributed by atoms with van der Waals surface area (Å²) in [5, 5.41) is 3.00. The maximum absolute atomic E-state index is 14.6.